The average molecular weight is 358 g/mol. The molecule has 0 radical (unpaired) electrons. The molecule has 0 aromatic heterocycles. The standard InChI is InChI=1S/C20H24FN3O2/c1-26-19-9-5-4-8-18(19)22-14-20(25)24-12-10-23(11-13-24)15-16-6-2-3-7-17(16)21/h2-9,22H,10-15H2,1H3/p+1. The van der Waals surface area contributed by atoms with Gasteiger partial charge in [0.25, 0.3) is 0 Å². The van der Waals surface area contributed by atoms with Crippen LogP contribution in [0.5, 0.6) is 5.75 Å². The first-order valence-corrected chi connectivity index (χ1v) is 8.89. The van der Waals surface area contributed by atoms with Gasteiger partial charge in [-0.3, -0.25) is 4.79 Å². The Hall–Kier alpha value is -2.60. The number of nitrogens with one attached hydrogen (secondary N) is 2. The van der Waals surface area contributed by atoms with E-state index in [1.165, 1.54) is 11.0 Å². The number of nitrogens with zero attached hydrogens (tertiary/aromatic N) is 1. The van der Waals surface area contributed by atoms with Crippen LogP contribution >= 0.6 is 0 Å². The molecule has 0 bridgehead atoms. The molecule has 2 N–H and O–H groups in total. The maximum Gasteiger partial charge on any atom is 0.242 e. The molecule has 0 spiro atoms. The summed E-state index contributed by atoms with van der Waals surface area (Å²) in [6, 6.07) is 14.4. The predicted octanol–water partition coefficient (Wildman–Crippen LogP) is 1.17. The summed E-state index contributed by atoms with van der Waals surface area (Å²) >= 11 is 0. The van der Waals surface area contributed by atoms with Crippen molar-refractivity contribution < 1.29 is 18.8 Å². The number of quaternary nitrogens is 1. The van der Waals surface area contributed by atoms with Gasteiger partial charge in [0.05, 0.1) is 45.5 Å². The minimum atomic E-state index is -0.153. The number of carbonyl (C=O) groups is 1. The van der Waals surface area contributed by atoms with Crippen molar-refractivity contribution in [3.05, 3.63) is 59.9 Å². The minimum absolute atomic E-state index is 0.0702. The molecule has 0 saturated carbocycles. The van der Waals surface area contributed by atoms with E-state index in [-0.39, 0.29) is 18.3 Å². The molecule has 26 heavy (non-hydrogen) atoms. The number of anilines is 1. The maximum atomic E-state index is 13.8. The number of piperazine rings is 1. The first-order valence-electron chi connectivity index (χ1n) is 8.89. The fourth-order valence-electron chi connectivity index (χ4n) is 3.23. The highest BCUT2D eigenvalue weighted by atomic mass is 19.1. The van der Waals surface area contributed by atoms with Crippen LogP contribution in [0, 0.1) is 5.82 Å². The number of halogens is 1. The maximum absolute atomic E-state index is 13.8. The second-order valence-corrected chi connectivity index (χ2v) is 6.45. The Morgan fingerprint density at radius 2 is 1.85 bits per heavy atom. The van der Waals surface area contributed by atoms with E-state index < -0.39 is 0 Å². The van der Waals surface area contributed by atoms with E-state index in [1.807, 2.05) is 41.3 Å². The van der Waals surface area contributed by atoms with Crippen LogP contribution in [0.4, 0.5) is 10.1 Å². The van der Waals surface area contributed by atoms with Crippen LogP contribution in [0.15, 0.2) is 48.5 Å². The Bertz CT molecular complexity index is 745. The Balaban J connectivity index is 1.47. The van der Waals surface area contributed by atoms with E-state index in [1.54, 1.807) is 13.2 Å². The monoisotopic (exact) mass is 358 g/mol. The SMILES string of the molecule is COc1ccccc1NCC(=O)N1CC[NH+](Cc2ccccc2F)CC1. The smallest absolute Gasteiger partial charge is 0.242 e. The van der Waals surface area contributed by atoms with Crippen LogP contribution in [-0.2, 0) is 11.3 Å². The Morgan fingerprint density at radius 1 is 1.15 bits per heavy atom. The fourth-order valence-corrected chi connectivity index (χ4v) is 3.23. The van der Waals surface area contributed by atoms with E-state index in [9.17, 15) is 9.18 Å². The van der Waals surface area contributed by atoms with Crippen molar-refractivity contribution in [3.8, 4) is 5.75 Å². The molecule has 1 saturated heterocycles. The first-order chi connectivity index (χ1) is 12.7. The number of hydrogen-bond donors (Lipinski definition) is 2. The molecule has 1 aliphatic rings. The number of para-hydroxylation sites is 2. The third kappa shape index (κ3) is 4.52. The van der Waals surface area contributed by atoms with Gasteiger partial charge in [0.15, 0.2) is 0 Å². The van der Waals surface area contributed by atoms with Gasteiger partial charge in [-0.1, -0.05) is 30.3 Å². The summed E-state index contributed by atoms with van der Waals surface area (Å²) in [6.07, 6.45) is 0. The first kappa shape index (κ1) is 18.2. The molecule has 1 amide bonds. The zero-order valence-corrected chi connectivity index (χ0v) is 15.0. The Labute approximate surface area is 153 Å². The van der Waals surface area contributed by atoms with Gasteiger partial charge < -0.3 is 19.9 Å². The lowest BCUT2D eigenvalue weighted by atomic mass is 10.2. The molecule has 138 valence electrons. The topological polar surface area (TPSA) is 46.0 Å². The fraction of sp³-hybridized carbons (Fsp3) is 0.350. The van der Waals surface area contributed by atoms with E-state index in [2.05, 4.69) is 5.32 Å². The number of rotatable bonds is 6. The number of methoxy groups -OCH3 is 1. The van der Waals surface area contributed by atoms with E-state index in [0.29, 0.717) is 19.6 Å². The molecule has 6 heteroatoms. The molecule has 1 fully saturated rings. The highest BCUT2D eigenvalue weighted by Gasteiger charge is 2.24. The minimum Gasteiger partial charge on any atom is -0.495 e. The quantitative estimate of drug-likeness (QED) is 0.815. The van der Waals surface area contributed by atoms with Crippen LogP contribution in [0.1, 0.15) is 5.56 Å². The predicted molar refractivity (Wildman–Crippen MR) is 98.9 cm³/mol. The zero-order chi connectivity index (χ0) is 18.4. The molecular formula is C20H25FN3O2+. The molecule has 5 nitrogen and oxygen atoms in total. The lowest BCUT2D eigenvalue weighted by molar-refractivity contribution is -0.917. The number of hydrogen-bond acceptors (Lipinski definition) is 3. The van der Waals surface area contributed by atoms with Gasteiger partial charge in [0.1, 0.15) is 18.1 Å². The Kier molecular flexibility index (Phi) is 6.07. The van der Waals surface area contributed by atoms with Gasteiger partial charge >= 0.3 is 0 Å². The summed E-state index contributed by atoms with van der Waals surface area (Å²) in [4.78, 5) is 15.6. The zero-order valence-electron chi connectivity index (χ0n) is 15.0. The number of amides is 1. The molecule has 0 atom stereocenters. The molecule has 2 aromatic rings. The summed E-state index contributed by atoms with van der Waals surface area (Å²) in [7, 11) is 1.61. The molecule has 3 rings (SSSR count). The van der Waals surface area contributed by atoms with E-state index in [4.69, 9.17) is 4.74 Å². The summed E-state index contributed by atoms with van der Waals surface area (Å²) in [6.45, 7) is 3.94. The molecule has 0 unspecified atom stereocenters. The largest absolute Gasteiger partial charge is 0.495 e. The van der Waals surface area contributed by atoms with Crippen LogP contribution < -0.4 is 15.0 Å². The van der Waals surface area contributed by atoms with Gasteiger partial charge in [0.2, 0.25) is 5.91 Å². The molecule has 1 heterocycles. The second-order valence-electron chi connectivity index (χ2n) is 6.45. The second kappa shape index (κ2) is 8.67. The van der Waals surface area contributed by atoms with E-state index in [0.717, 1.165) is 30.1 Å². The van der Waals surface area contributed by atoms with Crippen molar-refractivity contribution in [1.29, 1.82) is 0 Å². The number of ether oxygens (including phenoxy) is 1. The van der Waals surface area contributed by atoms with Crippen LogP contribution in [-0.4, -0.2) is 50.6 Å². The summed E-state index contributed by atoms with van der Waals surface area (Å²) < 4.78 is 19.1. The summed E-state index contributed by atoms with van der Waals surface area (Å²) in [5.74, 6) is 0.639. The van der Waals surface area contributed by atoms with Crippen molar-refractivity contribution in [3.63, 3.8) is 0 Å². The lowest BCUT2D eigenvalue weighted by Crippen LogP contribution is -3.13. The van der Waals surface area contributed by atoms with Gasteiger partial charge in [-0.05, 0) is 18.2 Å². The molecule has 1 aliphatic heterocycles. The highest BCUT2D eigenvalue weighted by Crippen LogP contribution is 2.22. The van der Waals surface area contributed by atoms with Crippen LogP contribution in [0.3, 0.4) is 0 Å². The normalized spacial score (nSPS) is 14.9. The third-order valence-electron chi connectivity index (χ3n) is 4.76. The molecular weight excluding hydrogens is 333 g/mol. The van der Waals surface area contributed by atoms with Crippen LogP contribution in [0.2, 0.25) is 0 Å². The lowest BCUT2D eigenvalue weighted by Gasteiger charge is -2.32. The number of carbonyl (C=O) groups excluding carboxylic acids is 1. The number of benzene rings is 2. The summed E-state index contributed by atoms with van der Waals surface area (Å²) in [5.41, 5.74) is 1.55. The summed E-state index contributed by atoms with van der Waals surface area (Å²) in [5, 5.41) is 3.15. The van der Waals surface area contributed by atoms with Gasteiger partial charge in [-0.25, -0.2) is 4.39 Å². The van der Waals surface area contributed by atoms with Crippen molar-refractivity contribution in [1.82, 2.24) is 4.90 Å². The van der Waals surface area contributed by atoms with Crippen molar-refractivity contribution in [2.24, 2.45) is 0 Å². The van der Waals surface area contributed by atoms with Crippen molar-refractivity contribution in [2.45, 2.75) is 6.54 Å². The molecule has 2 aromatic carbocycles. The van der Waals surface area contributed by atoms with Crippen LogP contribution in [0.25, 0.3) is 0 Å². The molecule has 0 aliphatic carbocycles. The van der Waals surface area contributed by atoms with Gasteiger partial charge in [0, 0.05) is 5.56 Å². The average Bonchev–Trinajstić information content (AvgIpc) is 2.68. The van der Waals surface area contributed by atoms with Crippen molar-refractivity contribution >= 4 is 11.6 Å². The highest BCUT2D eigenvalue weighted by molar-refractivity contribution is 5.81. The van der Waals surface area contributed by atoms with Crippen molar-refractivity contribution in [2.75, 3.05) is 45.2 Å². The Morgan fingerprint density at radius 3 is 2.58 bits per heavy atom. The van der Waals surface area contributed by atoms with Gasteiger partial charge in [-0.2, -0.15) is 0 Å². The third-order valence-corrected chi connectivity index (χ3v) is 4.76. The van der Waals surface area contributed by atoms with Gasteiger partial charge in [-0.15, -0.1) is 0 Å². The van der Waals surface area contributed by atoms with E-state index >= 15 is 0 Å².